The molecular weight excluding hydrogens is 206 g/mol. The Morgan fingerprint density at radius 3 is 2.12 bits per heavy atom. The number of hydrogen-bond donors (Lipinski definition) is 1. The van der Waals surface area contributed by atoms with Gasteiger partial charge in [-0.05, 0) is 16.7 Å². The van der Waals surface area contributed by atoms with Crippen molar-refractivity contribution in [3.05, 3.63) is 78.4 Å². The molecule has 1 nitrogen and oxygen atoms in total. The molecule has 17 heavy (non-hydrogen) atoms. The zero-order valence-corrected chi connectivity index (χ0v) is 9.64. The Hall–Kier alpha value is -1.86. The van der Waals surface area contributed by atoms with Gasteiger partial charge in [0.1, 0.15) is 0 Å². The van der Waals surface area contributed by atoms with Crippen LogP contribution in [0.1, 0.15) is 17.2 Å². The number of hydrogen-bond acceptors (Lipinski definition) is 1. The molecule has 2 aromatic rings. The fraction of sp³-hybridized carbons (Fsp3) is 0.125. The Bertz CT molecular complexity index is 516. The fourth-order valence-electron chi connectivity index (χ4n) is 2.22. The Kier molecular flexibility index (Phi) is 2.54. The summed E-state index contributed by atoms with van der Waals surface area (Å²) < 4.78 is 0. The van der Waals surface area contributed by atoms with Crippen molar-refractivity contribution in [2.24, 2.45) is 0 Å². The normalized spacial score (nSPS) is 22.1. The van der Waals surface area contributed by atoms with Crippen LogP contribution in [-0.4, -0.2) is 6.04 Å². The van der Waals surface area contributed by atoms with Crippen molar-refractivity contribution in [1.29, 1.82) is 0 Å². The van der Waals surface area contributed by atoms with Crippen LogP contribution in [0.15, 0.2) is 67.2 Å². The van der Waals surface area contributed by atoms with Crippen LogP contribution in [0.2, 0.25) is 0 Å². The highest BCUT2D eigenvalue weighted by Gasteiger charge is 2.39. The van der Waals surface area contributed by atoms with Crippen molar-refractivity contribution < 1.29 is 0 Å². The van der Waals surface area contributed by atoms with Crippen LogP contribution in [0.4, 0.5) is 0 Å². The first kappa shape index (κ1) is 10.3. The molecule has 0 aromatic heterocycles. The lowest BCUT2D eigenvalue weighted by Crippen LogP contribution is -1.94. The van der Waals surface area contributed by atoms with Gasteiger partial charge in [0.15, 0.2) is 0 Å². The summed E-state index contributed by atoms with van der Waals surface area (Å²) in [4.78, 5) is 0. The Balaban J connectivity index is 1.76. The van der Waals surface area contributed by atoms with Crippen molar-refractivity contribution in [1.82, 2.24) is 5.32 Å². The lowest BCUT2D eigenvalue weighted by atomic mass is 10.00. The molecule has 1 saturated heterocycles. The predicted octanol–water partition coefficient (Wildman–Crippen LogP) is 3.41. The molecule has 0 unspecified atom stereocenters. The molecule has 0 spiro atoms. The van der Waals surface area contributed by atoms with Gasteiger partial charge in [-0.1, -0.05) is 67.2 Å². The second kappa shape index (κ2) is 4.19. The zero-order chi connectivity index (χ0) is 11.7. The molecule has 1 aliphatic rings. The summed E-state index contributed by atoms with van der Waals surface area (Å²) in [5.74, 6) is 0. The molecular formula is C16H15N. The molecule has 1 heterocycles. The van der Waals surface area contributed by atoms with E-state index in [0.717, 1.165) is 0 Å². The lowest BCUT2D eigenvalue weighted by molar-refractivity contribution is 1.07. The molecule has 2 aromatic carbocycles. The van der Waals surface area contributed by atoms with Gasteiger partial charge in [0.05, 0.1) is 12.1 Å². The summed E-state index contributed by atoms with van der Waals surface area (Å²) in [5.41, 5.74) is 3.75. The summed E-state index contributed by atoms with van der Waals surface area (Å²) in [5, 5.41) is 3.48. The monoisotopic (exact) mass is 221 g/mol. The van der Waals surface area contributed by atoms with Gasteiger partial charge in [0.2, 0.25) is 0 Å². The summed E-state index contributed by atoms with van der Waals surface area (Å²) in [7, 11) is 0. The first-order valence-corrected chi connectivity index (χ1v) is 5.91. The average molecular weight is 221 g/mol. The van der Waals surface area contributed by atoms with E-state index in [4.69, 9.17) is 0 Å². The smallest absolute Gasteiger partial charge is 0.0523 e. The molecule has 2 atom stereocenters. The first-order valence-electron chi connectivity index (χ1n) is 5.91. The van der Waals surface area contributed by atoms with Gasteiger partial charge in [0.25, 0.3) is 0 Å². The molecule has 0 bridgehead atoms. The van der Waals surface area contributed by atoms with E-state index in [2.05, 4.69) is 60.4 Å². The Labute approximate surface area is 102 Å². The lowest BCUT2D eigenvalue weighted by Gasteiger charge is -2.03. The van der Waals surface area contributed by atoms with Crippen molar-refractivity contribution in [2.75, 3.05) is 0 Å². The highest BCUT2D eigenvalue weighted by molar-refractivity contribution is 5.71. The molecule has 1 aliphatic heterocycles. The van der Waals surface area contributed by atoms with Crippen LogP contribution in [0.3, 0.4) is 0 Å². The minimum atomic E-state index is 0.389. The minimum Gasteiger partial charge on any atom is -0.300 e. The second-order valence-electron chi connectivity index (χ2n) is 4.42. The maximum absolute atomic E-state index is 4.20. The van der Waals surface area contributed by atoms with Gasteiger partial charge in [-0.2, -0.15) is 0 Å². The van der Waals surface area contributed by atoms with Gasteiger partial charge in [0, 0.05) is 0 Å². The van der Waals surface area contributed by atoms with Crippen LogP contribution in [0.5, 0.6) is 0 Å². The summed E-state index contributed by atoms with van der Waals surface area (Å²) in [6, 6.07) is 21.7. The molecule has 0 aliphatic carbocycles. The van der Waals surface area contributed by atoms with E-state index in [1.165, 1.54) is 16.7 Å². The number of nitrogens with one attached hydrogen (secondary N) is 1. The first-order chi connectivity index (χ1) is 8.36. The van der Waals surface area contributed by atoms with E-state index in [9.17, 15) is 0 Å². The number of benzene rings is 2. The largest absolute Gasteiger partial charge is 0.300 e. The van der Waals surface area contributed by atoms with Crippen molar-refractivity contribution in [3.63, 3.8) is 0 Å². The third-order valence-corrected chi connectivity index (χ3v) is 3.26. The average Bonchev–Trinajstić information content (AvgIpc) is 3.20. The van der Waals surface area contributed by atoms with E-state index in [1.54, 1.807) is 0 Å². The van der Waals surface area contributed by atoms with E-state index in [-0.39, 0.29) is 0 Å². The van der Waals surface area contributed by atoms with Crippen LogP contribution in [0, 0.1) is 0 Å². The molecule has 0 amide bonds. The number of rotatable bonds is 3. The van der Waals surface area contributed by atoms with E-state index in [1.807, 2.05) is 12.1 Å². The predicted molar refractivity (Wildman–Crippen MR) is 71.6 cm³/mol. The quantitative estimate of drug-likeness (QED) is 0.788. The van der Waals surface area contributed by atoms with Gasteiger partial charge >= 0.3 is 0 Å². The van der Waals surface area contributed by atoms with Crippen molar-refractivity contribution >= 4 is 5.57 Å². The topological polar surface area (TPSA) is 21.9 Å². The van der Waals surface area contributed by atoms with Gasteiger partial charge in [-0.25, -0.2) is 0 Å². The third-order valence-electron chi connectivity index (χ3n) is 3.26. The van der Waals surface area contributed by atoms with Crippen LogP contribution < -0.4 is 5.32 Å². The highest BCUT2D eigenvalue weighted by atomic mass is 15.1. The molecule has 1 heteroatoms. The van der Waals surface area contributed by atoms with Crippen LogP contribution in [0.25, 0.3) is 5.57 Å². The highest BCUT2D eigenvalue weighted by Crippen LogP contribution is 2.37. The maximum Gasteiger partial charge on any atom is 0.0523 e. The van der Waals surface area contributed by atoms with Crippen molar-refractivity contribution in [3.8, 4) is 0 Å². The minimum absolute atomic E-state index is 0.389. The molecule has 3 rings (SSSR count). The molecule has 1 N–H and O–H groups in total. The fourth-order valence-corrected chi connectivity index (χ4v) is 2.22. The van der Waals surface area contributed by atoms with Crippen molar-refractivity contribution in [2.45, 2.75) is 12.1 Å². The standard InChI is InChI=1S/C16H15N/c1-12(13-8-4-2-5-9-13)15-16(17-15)14-10-6-3-7-11-14/h2-11,15-17H,1H2/t15-,16-/m1/s1. The maximum atomic E-state index is 4.20. The van der Waals surface area contributed by atoms with Gasteiger partial charge in [-0.3, -0.25) is 5.32 Å². The van der Waals surface area contributed by atoms with Crippen LogP contribution >= 0.6 is 0 Å². The molecule has 1 fully saturated rings. The zero-order valence-electron chi connectivity index (χ0n) is 9.64. The van der Waals surface area contributed by atoms with Gasteiger partial charge in [-0.15, -0.1) is 0 Å². The third kappa shape index (κ3) is 2.02. The SMILES string of the molecule is C=C(c1ccccc1)[C@H]1N[C@@H]1c1ccccc1. The van der Waals surface area contributed by atoms with Gasteiger partial charge < -0.3 is 0 Å². The Morgan fingerprint density at radius 1 is 0.882 bits per heavy atom. The van der Waals surface area contributed by atoms with E-state index in [0.29, 0.717) is 12.1 Å². The van der Waals surface area contributed by atoms with E-state index < -0.39 is 0 Å². The Morgan fingerprint density at radius 2 is 1.47 bits per heavy atom. The second-order valence-corrected chi connectivity index (χ2v) is 4.42. The summed E-state index contributed by atoms with van der Waals surface area (Å²) in [6.45, 7) is 4.20. The molecule has 84 valence electrons. The van der Waals surface area contributed by atoms with Crippen LogP contribution in [-0.2, 0) is 0 Å². The molecule has 0 saturated carbocycles. The molecule has 0 radical (unpaired) electrons. The summed E-state index contributed by atoms with van der Waals surface area (Å²) in [6.07, 6.45) is 0. The van der Waals surface area contributed by atoms with E-state index >= 15 is 0 Å². The summed E-state index contributed by atoms with van der Waals surface area (Å²) >= 11 is 0.